The molecular formula is C12H10ClNO3. The number of rotatable bonds is 2. The molecule has 17 heavy (non-hydrogen) atoms. The smallest absolute Gasteiger partial charge is 0.347 e. The first-order valence-electron chi connectivity index (χ1n) is 5.36. The van der Waals surface area contributed by atoms with Crippen LogP contribution in [-0.2, 0) is 9.53 Å². The third kappa shape index (κ3) is 1.69. The Balaban J connectivity index is 1.94. The van der Waals surface area contributed by atoms with Crippen molar-refractivity contribution in [2.75, 3.05) is 0 Å². The summed E-state index contributed by atoms with van der Waals surface area (Å²) in [7, 11) is 0. The lowest BCUT2D eigenvalue weighted by molar-refractivity contribution is -0.146. The highest BCUT2D eigenvalue weighted by Gasteiger charge is 2.59. The summed E-state index contributed by atoms with van der Waals surface area (Å²) in [6.07, 6.45) is 0.693. The lowest BCUT2D eigenvalue weighted by atomic mass is 10.1. The highest BCUT2D eigenvalue weighted by Crippen LogP contribution is 2.48. The Morgan fingerprint density at radius 2 is 2.29 bits per heavy atom. The molecule has 0 aromatic heterocycles. The number of halogens is 1. The molecule has 1 aliphatic carbocycles. The maximum Gasteiger partial charge on any atom is 0.347 e. The fraction of sp³-hybridized carbons (Fsp3) is 0.333. The zero-order chi connectivity index (χ0) is 12.0. The number of benzene rings is 1. The number of hydrogen-bond acceptors (Lipinski definition) is 3. The number of aliphatic imine (C=N–C) groups is 1. The number of ether oxygens (including phenoxy) is 1. The first-order valence-corrected chi connectivity index (χ1v) is 5.74. The summed E-state index contributed by atoms with van der Waals surface area (Å²) in [6.45, 7) is 0. The molecule has 0 unspecified atom stereocenters. The molecule has 2 aliphatic rings. The van der Waals surface area contributed by atoms with E-state index in [0.717, 1.165) is 18.4 Å². The van der Waals surface area contributed by atoms with Gasteiger partial charge in [0.1, 0.15) is 5.54 Å². The Kier molecular flexibility index (Phi) is 2.16. The molecule has 88 valence electrons. The minimum Gasteiger partial charge on any atom is -0.478 e. The van der Waals surface area contributed by atoms with Crippen LogP contribution < -0.4 is 0 Å². The molecule has 0 saturated heterocycles. The number of carbonyl (C=O) groups is 1. The van der Waals surface area contributed by atoms with Crippen molar-refractivity contribution >= 4 is 23.5 Å². The van der Waals surface area contributed by atoms with Gasteiger partial charge in [0.15, 0.2) is 0 Å². The average molecular weight is 252 g/mol. The van der Waals surface area contributed by atoms with E-state index in [1.54, 1.807) is 18.2 Å². The maximum absolute atomic E-state index is 11.1. The summed E-state index contributed by atoms with van der Waals surface area (Å²) in [4.78, 5) is 15.5. The fourth-order valence-corrected chi connectivity index (χ4v) is 2.24. The molecule has 1 saturated carbocycles. The van der Waals surface area contributed by atoms with Crippen molar-refractivity contribution in [2.24, 2.45) is 4.99 Å². The van der Waals surface area contributed by atoms with Crippen molar-refractivity contribution in [3.63, 3.8) is 0 Å². The molecule has 3 rings (SSSR count). The Hall–Kier alpha value is -1.55. The minimum absolute atomic E-state index is 0.386. The number of hydrogen-bond donors (Lipinski definition) is 1. The summed E-state index contributed by atoms with van der Waals surface area (Å²) in [5.74, 6) is -0.569. The van der Waals surface area contributed by atoms with Gasteiger partial charge in [-0.25, -0.2) is 9.79 Å². The average Bonchev–Trinajstić information content (AvgIpc) is 2.91. The molecule has 1 atom stereocenters. The summed E-state index contributed by atoms with van der Waals surface area (Å²) < 4.78 is 5.43. The van der Waals surface area contributed by atoms with Crippen molar-refractivity contribution in [1.29, 1.82) is 0 Å². The normalized spacial score (nSPS) is 24.3. The molecular weight excluding hydrogens is 242 g/mol. The maximum atomic E-state index is 11.1. The zero-order valence-corrected chi connectivity index (χ0v) is 9.65. The highest BCUT2D eigenvalue weighted by molar-refractivity contribution is 6.31. The number of nitrogens with zero attached hydrogens (tertiary/aromatic N) is 1. The summed E-state index contributed by atoms with van der Waals surface area (Å²) in [5, 5.41) is 9.66. The van der Waals surface area contributed by atoms with Crippen molar-refractivity contribution in [1.82, 2.24) is 0 Å². The predicted molar refractivity (Wildman–Crippen MR) is 62.5 cm³/mol. The quantitative estimate of drug-likeness (QED) is 0.876. The Labute approximate surface area is 103 Å². The fourth-order valence-electron chi connectivity index (χ4n) is 2.04. The predicted octanol–water partition coefficient (Wildman–Crippen LogP) is 2.10. The van der Waals surface area contributed by atoms with E-state index in [2.05, 4.69) is 4.99 Å². The van der Waals surface area contributed by atoms with Crippen LogP contribution in [0, 0.1) is 0 Å². The van der Waals surface area contributed by atoms with E-state index in [0.29, 0.717) is 10.9 Å². The lowest BCUT2D eigenvalue weighted by Gasteiger charge is -2.10. The van der Waals surface area contributed by atoms with Gasteiger partial charge in [0.05, 0.1) is 0 Å². The molecule has 1 aromatic rings. The Morgan fingerprint density at radius 3 is 2.82 bits per heavy atom. The molecule has 1 fully saturated rings. The van der Waals surface area contributed by atoms with Crippen LogP contribution in [0.1, 0.15) is 18.4 Å². The van der Waals surface area contributed by atoms with E-state index < -0.39 is 17.6 Å². The van der Waals surface area contributed by atoms with Crippen LogP contribution in [0.4, 0.5) is 0 Å². The molecule has 1 aromatic carbocycles. The van der Waals surface area contributed by atoms with Crippen LogP contribution in [0.5, 0.6) is 0 Å². The highest BCUT2D eigenvalue weighted by atomic mass is 35.5. The second-order valence-corrected chi connectivity index (χ2v) is 4.80. The molecule has 1 heterocycles. The molecule has 5 heteroatoms. The zero-order valence-electron chi connectivity index (χ0n) is 8.89. The Morgan fingerprint density at radius 1 is 1.53 bits per heavy atom. The molecule has 0 amide bonds. The summed E-state index contributed by atoms with van der Waals surface area (Å²) in [6, 6.07) is 7.07. The van der Waals surface area contributed by atoms with Crippen LogP contribution >= 0.6 is 11.6 Å². The number of carboxylic acids is 1. The van der Waals surface area contributed by atoms with E-state index in [4.69, 9.17) is 21.4 Å². The SMILES string of the molecule is O=C(O)[C@H]1OC(c2cccc(Cl)c2)=NC12CC2. The van der Waals surface area contributed by atoms with Crippen LogP contribution in [0.25, 0.3) is 0 Å². The van der Waals surface area contributed by atoms with Crippen molar-refractivity contribution in [3.8, 4) is 0 Å². The van der Waals surface area contributed by atoms with E-state index in [-0.39, 0.29) is 0 Å². The van der Waals surface area contributed by atoms with E-state index in [1.807, 2.05) is 6.07 Å². The van der Waals surface area contributed by atoms with E-state index >= 15 is 0 Å². The minimum atomic E-state index is -0.955. The largest absolute Gasteiger partial charge is 0.478 e. The van der Waals surface area contributed by atoms with Crippen molar-refractivity contribution in [2.45, 2.75) is 24.5 Å². The van der Waals surface area contributed by atoms with Crippen molar-refractivity contribution < 1.29 is 14.6 Å². The van der Waals surface area contributed by atoms with Gasteiger partial charge in [-0.1, -0.05) is 17.7 Å². The monoisotopic (exact) mass is 251 g/mol. The molecule has 1 N–H and O–H groups in total. The topological polar surface area (TPSA) is 58.9 Å². The lowest BCUT2D eigenvalue weighted by Crippen LogP contribution is -2.32. The van der Waals surface area contributed by atoms with Crippen molar-refractivity contribution in [3.05, 3.63) is 34.9 Å². The number of carboxylic acid groups (broad SMARTS) is 1. The van der Waals surface area contributed by atoms with Gasteiger partial charge in [0.2, 0.25) is 12.0 Å². The standard InChI is InChI=1S/C12H10ClNO3/c13-8-3-1-2-7(6-8)10-14-12(4-5-12)9(17-10)11(15)16/h1-3,6,9H,4-5H2,(H,15,16)/t9-/m1/s1. The first kappa shape index (κ1) is 10.6. The van der Waals surface area contributed by atoms with Crippen LogP contribution in [-0.4, -0.2) is 28.6 Å². The molecule has 1 spiro atoms. The van der Waals surface area contributed by atoms with Gasteiger partial charge < -0.3 is 9.84 Å². The van der Waals surface area contributed by atoms with Crippen LogP contribution in [0.3, 0.4) is 0 Å². The second kappa shape index (κ2) is 3.47. The molecule has 0 radical (unpaired) electrons. The summed E-state index contributed by atoms with van der Waals surface area (Å²) >= 11 is 5.88. The van der Waals surface area contributed by atoms with Gasteiger partial charge in [0.25, 0.3) is 0 Å². The van der Waals surface area contributed by atoms with Gasteiger partial charge in [-0.15, -0.1) is 0 Å². The van der Waals surface area contributed by atoms with Crippen LogP contribution in [0.15, 0.2) is 29.3 Å². The van der Waals surface area contributed by atoms with Crippen LogP contribution in [0.2, 0.25) is 5.02 Å². The molecule has 0 bridgehead atoms. The van der Waals surface area contributed by atoms with Gasteiger partial charge >= 0.3 is 5.97 Å². The molecule has 4 nitrogen and oxygen atoms in total. The van der Waals surface area contributed by atoms with Gasteiger partial charge in [-0.3, -0.25) is 0 Å². The van der Waals surface area contributed by atoms with Gasteiger partial charge in [-0.05, 0) is 31.0 Å². The van der Waals surface area contributed by atoms with E-state index in [1.165, 1.54) is 0 Å². The Bertz CT molecular complexity index is 522. The van der Waals surface area contributed by atoms with Gasteiger partial charge in [-0.2, -0.15) is 0 Å². The second-order valence-electron chi connectivity index (χ2n) is 4.37. The van der Waals surface area contributed by atoms with Gasteiger partial charge in [0, 0.05) is 10.6 Å². The summed E-state index contributed by atoms with van der Waals surface area (Å²) in [5.41, 5.74) is 0.205. The number of aliphatic carboxylic acids is 1. The third-order valence-corrected chi connectivity index (χ3v) is 3.33. The third-order valence-electron chi connectivity index (χ3n) is 3.10. The molecule has 1 aliphatic heterocycles. The first-order chi connectivity index (χ1) is 8.11. The van der Waals surface area contributed by atoms with E-state index in [9.17, 15) is 4.79 Å².